The van der Waals surface area contributed by atoms with Crippen molar-refractivity contribution in [3.63, 3.8) is 0 Å². The van der Waals surface area contributed by atoms with Crippen molar-refractivity contribution in [2.24, 2.45) is 22.9 Å². The SMILES string of the molecule is NC(CC(=O)O)C(=O)O.NC(CC(=O)O)C(=O)O.NC(CO)C(=O)O.NC(CO)C(=O)O. The summed E-state index contributed by atoms with van der Waals surface area (Å²) in [6.07, 6.45) is -1.06. The van der Waals surface area contributed by atoms with Crippen molar-refractivity contribution in [3.05, 3.63) is 0 Å². The van der Waals surface area contributed by atoms with E-state index in [0.717, 1.165) is 0 Å². The van der Waals surface area contributed by atoms with Crippen LogP contribution in [-0.2, 0) is 28.8 Å². The minimum Gasteiger partial charge on any atom is -0.481 e. The minimum absolute atomic E-state index is 0.505. The Bertz CT molecular complexity index is 562. The number of hydrogen-bond acceptors (Lipinski definition) is 12. The van der Waals surface area contributed by atoms with Crippen molar-refractivity contribution < 1.29 is 69.6 Å². The van der Waals surface area contributed by atoms with Crippen LogP contribution in [0.2, 0.25) is 0 Å². The standard InChI is InChI=1S/2C4H7NO4.2C3H7NO3/c2*5-2(4(8)9)1-3(6)7;2*4-2(1-5)3(6)7/h2*2H,1,5H2,(H,6,7)(H,8,9);2*2,5H,1,4H2,(H,6,7). The molecule has 0 aliphatic carbocycles. The molecule has 18 heteroatoms. The van der Waals surface area contributed by atoms with Gasteiger partial charge < -0.3 is 63.8 Å². The van der Waals surface area contributed by atoms with Gasteiger partial charge in [-0.3, -0.25) is 28.8 Å². The summed E-state index contributed by atoms with van der Waals surface area (Å²) in [6.45, 7) is -1.01. The lowest BCUT2D eigenvalue weighted by Crippen LogP contribution is -2.33. The Labute approximate surface area is 179 Å². The van der Waals surface area contributed by atoms with Gasteiger partial charge in [0.15, 0.2) is 0 Å². The van der Waals surface area contributed by atoms with Crippen molar-refractivity contribution in [2.45, 2.75) is 37.0 Å². The number of aliphatic hydroxyl groups is 2. The van der Waals surface area contributed by atoms with E-state index in [1.54, 1.807) is 0 Å². The summed E-state index contributed by atoms with van der Waals surface area (Å²) in [6, 6.07) is -4.83. The van der Waals surface area contributed by atoms with Crippen LogP contribution in [0.3, 0.4) is 0 Å². The van der Waals surface area contributed by atoms with Crippen LogP contribution < -0.4 is 22.9 Å². The zero-order valence-electron chi connectivity index (χ0n) is 16.5. The molecule has 0 aliphatic heterocycles. The largest absolute Gasteiger partial charge is 0.481 e. The second-order valence-corrected chi connectivity index (χ2v) is 5.34. The maximum Gasteiger partial charge on any atom is 0.322 e. The molecule has 0 spiro atoms. The second kappa shape index (κ2) is 20.8. The first-order valence-corrected chi connectivity index (χ1v) is 8.03. The molecule has 0 aliphatic rings. The maximum absolute atomic E-state index is 9.85. The molecule has 188 valence electrons. The zero-order chi connectivity index (χ0) is 26.6. The highest BCUT2D eigenvalue weighted by Gasteiger charge is 2.15. The van der Waals surface area contributed by atoms with Crippen molar-refractivity contribution in [3.8, 4) is 0 Å². The molecule has 4 atom stereocenters. The first kappa shape index (κ1) is 36.0. The molecule has 4 unspecified atom stereocenters. The van der Waals surface area contributed by atoms with Crippen LogP contribution in [0.25, 0.3) is 0 Å². The lowest BCUT2D eigenvalue weighted by Gasteiger charge is -1.99. The third-order valence-corrected chi connectivity index (χ3v) is 2.45. The predicted molar refractivity (Wildman–Crippen MR) is 101 cm³/mol. The van der Waals surface area contributed by atoms with E-state index in [9.17, 15) is 28.8 Å². The Hall–Kier alpha value is -3.42. The molecule has 0 radical (unpaired) electrons. The number of carboxylic acids is 6. The van der Waals surface area contributed by atoms with Gasteiger partial charge in [-0.15, -0.1) is 0 Å². The Morgan fingerprint density at radius 1 is 0.469 bits per heavy atom. The highest BCUT2D eigenvalue weighted by atomic mass is 16.4. The van der Waals surface area contributed by atoms with E-state index in [1.165, 1.54) is 0 Å². The van der Waals surface area contributed by atoms with Crippen LogP contribution in [0.4, 0.5) is 0 Å². The molecular formula is C14H28N4O14. The van der Waals surface area contributed by atoms with Crippen molar-refractivity contribution >= 4 is 35.8 Å². The monoisotopic (exact) mass is 476 g/mol. The van der Waals surface area contributed by atoms with Gasteiger partial charge in [0.2, 0.25) is 0 Å². The normalized spacial score (nSPS) is 12.9. The average molecular weight is 476 g/mol. The van der Waals surface area contributed by atoms with Gasteiger partial charge in [-0.2, -0.15) is 0 Å². The van der Waals surface area contributed by atoms with Gasteiger partial charge in [-0.05, 0) is 0 Å². The van der Waals surface area contributed by atoms with E-state index in [4.69, 9.17) is 63.8 Å². The Morgan fingerprint density at radius 2 is 0.656 bits per heavy atom. The van der Waals surface area contributed by atoms with Crippen LogP contribution in [-0.4, -0.2) is 114 Å². The van der Waals surface area contributed by atoms with E-state index in [2.05, 4.69) is 0 Å². The number of carboxylic acid groups (broad SMARTS) is 6. The molecular weight excluding hydrogens is 448 g/mol. The summed E-state index contributed by atoms with van der Waals surface area (Å²) in [5.74, 6) is -7.35. The van der Waals surface area contributed by atoms with Crippen molar-refractivity contribution in [1.29, 1.82) is 0 Å². The summed E-state index contributed by atoms with van der Waals surface area (Å²) in [4.78, 5) is 58.5. The number of carbonyl (C=O) groups is 6. The predicted octanol–water partition coefficient (Wildman–Crippen LogP) is -5.47. The van der Waals surface area contributed by atoms with E-state index < -0.39 is 86.0 Å². The molecule has 0 heterocycles. The van der Waals surface area contributed by atoms with Crippen molar-refractivity contribution in [1.82, 2.24) is 0 Å². The molecule has 18 nitrogen and oxygen atoms in total. The average Bonchev–Trinajstić information content (AvgIpc) is 2.66. The highest BCUT2D eigenvalue weighted by molar-refractivity contribution is 5.80. The molecule has 0 amide bonds. The number of hydrogen-bond donors (Lipinski definition) is 12. The molecule has 0 aromatic heterocycles. The number of rotatable bonds is 10. The van der Waals surface area contributed by atoms with Gasteiger partial charge in [0.1, 0.15) is 24.2 Å². The molecule has 0 saturated carbocycles. The molecule has 0 aromatic carbocycles. The quantitative estimate of drug-likeness (QED) is 0.140. The zero-order valence-corrected chi connectivity index (χ0v) is 16.5. The minimum atomic E-state index is -1.29. The van der Waals surface area contributed by atoms with Gasteiger partial charge >= 0.3 is 35.8 Å². The van der Waals surface area contributed by atoms with Crippen LogP contribution in [0, 0.1) is 0 Å². The van der Waals surface area contributed by atoms with Crippen LogP contribution in [0.15, 0.2) is 0 Å². The van der Waals surface area contributed by atoms with Crippen LogP contribution >= 0.6 is 0 Å². The smallest absolute Gasteiger partial charge is 0.322 e. The molecule has 16 N–H and O–H groups in total. The Kier molecular flexibility index (Phi) is 23.4. The van der Waals surface area contributed by atoms with Gasteiger partial charge in [0, 0.05) is 0 Å². The maximum atomic E-state index is 9.85. The highest BCUT2D eigenvalue weighted by Crippen LogP contribution is 1.86. The number of aliphatic hydroxyl groups excluding tert-OH is 2. The number of aliphatic carboxylic acids is 6. The molecule has 0 fully saturated rings. The molecule has 32 heavy (non-hydrogen) atoms. The van der Waals surface area contributed by atoms with Gasteiger partial charge in [-0.25, -0.2) is 0 Å². The Balaban J connectivity index is -0.000000165. The van der Waals surface area contributed by atoms with Gasteiger partial charge in [-0.1, -0.05) is 0 Å². The Morgan fingerprint density at radius 3 is 0.688 bits per heavy atom. The van der Waals surface area contributed by atoms with E-state index in [0.29, 0.717) is 0 Å². The van der Waals surface area contributed by atoms with Crippen LogP contribution in [0.1, 0.15) is 12.8 Å². The third-order valence-electron chi connectivity index (χ3n) is 2.45. The molecule has 0 aromatic rings. The lowest BCUT2D eigenvalue weighted by atomic mass is 10.2. The van der Waals surface area contributed by atoms with E-state index in [-0.39, 0.29) is 0 Å². The summed E-state index contributed by atoms with van der Waals surface area (Å²) in [5.41, 5.74) is 19.2. The topological polar surface area (TPSA) is 368 Å². The lowest BCUT2D eigenvalue weighted by molar-refractivity contribution is -0.144. The molecule has 0 bridgehead atoms. The van der Waals surface area contributed by atoms with E-state index in [1.807, 2.05) is 0 Å². The number of nitrogens with two attached hydrogens (primary N) is 4. The summed E-state index contributed by atoms with van der Waals surface area (Å²) < 4.78 is 0. The summed E-state index contributed by atoms with van der Waals surface area (Å²) in [7, 11) is 0. The third kappa shape index (κ3) is 28.8. The first-order chi connectivity index (χ1) is 14.4. The first-order valence-electron chi connectivity index (χ1n) is 8.03. The fourth-order valence-electron chi connectivity index (χ4n) is 0.707. The van der Waals surface area contributed by atoms with E-state index >= 15 is 0 Å². The molecule has 0 rings (SSSR count). The van der Waals surface area contributed by atoms with Crippen LogP contribution in [0.5, 0.6) is 0 Å². The fourth-order valence-corrected chi connectivity index (χ4v) is 0.707. The van der Waals surface area contributed by atoms with Crippen molar-refractivity contribution in [2.75, 3.05) is 13.2 Å². The summed E-state index contributed by atoms with van der Waals surface area (Å²) >= 11 is 0. The van der Waals surface area contributed by atoms with Gasteiger partial charge in [0.05, 0.1) is 26.1 Å². The molecule has 0 saturated heterocycles. The van der Waals surface area contributed by atoms with Gasteiger partial charge in [0.25, 0.3) is 0 Å². The fraction of sp³-hybridized carbons (Fsp3) is 0.571. The second-order valence-electron chi connectivity index (χ2n) is 5.34. The summed E-state index contributed by atoms with van der Waals surface area (Å²) in [5, 5.41) is 63.9.